The van der Waals surface area contributed by atoms with Crippen LogP contribution in [0.3, 0.4) is 0 Å². The van der Waals surface area contributed by atoms with Gasteiger partial charge in [-0.25, -0.2) is 23.1 Å². The average Bonchev–Trinajstić information content (AvgIpc) is 2.47. The summed E-state index contributed by atoms with van der Waals surface area (Å²) in [6, 6.07) is 3.54. The number of rotatable bonds is 6. The van der Waals surface area contributed by atoms with Gasteiger partial charge in [-0.3, -0.25) is 0 Å². The Labute approximate surface area is 132 Å². The molecule has 0 aliphatic carbocycles. The fraction of sp³-hybridized carbons (Fsp3) is 0.333. The van der Waals surface area contributed by atoms with Gasteiger partial charge >= 0.3 is 0 Å². The van der Waals surface area contributed by atoms with Crippen LogP contribution in [-0.2, 0) is 0 Å². The lowest BCUT2D eigenvalue weighted by Crippen LogP contribution is -2.21. The van der Waals surface area contributed by atoms with E-state index >= 15 is 0 Å². The van der Waals surface area contributed by atoms with Crippen molar-refractivity contribution in [3.63, 3.8) is 0 Å². The third-order valence-electron chi connectivity index (χ3n) is 3.00. The van der Waals surface area contributed by atoms with Crippen LogP contribution in [0.5, 0.6) is 0 Å². The second-order valence-electron chi connectivity index (χ2n) is 5.26. The minimum absolute atomic E-state index is 0.193. The Balaban J connectivity index is 2.17. The van der Waals surface area contributed by atoms with Gasteiger partial charge in [0, 0.05) is 19.2 Å². The Morgan fingerprint density at radius 2 is 1.74 bits per heavy atom. The third-order valence-corrected chi connectivity index (χ3v) is 3.00. The standard InChI is InChI=1S/C15H18F3N5/c1-9-20-12(19-6-7-23(2)3)8-13(21-9)22-11-5-4-10(16)14(17)15(11)18/h4-5,8H,6-7H2,1-3H3,(H2,19,20,21,22). The molecule has 0 spiro atoms. The van der Waals surface area contributed by atoms with Crippen LogP contribution in [0.25, 0.3) is 0 Å². The van der Waals surface area contributed by atoms with Crippen molar-refractivity contribution in [3.05, 3.63) is 41.5 Å². The lowest BCUT2D eigenvalue weighted by atomic mass is 10.2. The van der Waals surface area contributed by atoms with Crippen molar-refractivity contribution in [1.82, 2.24) is 14.9 Å². The van der Waals surface area contributed by atoms with E-state index in [0.717, 1.165) is 18.7 Å². The highest BCUT2D eigenvalue weighted by Gasteiger charge is 2.14. The van der Waals surface area contributed by atoms with E-state index in [1.807, 2.05) is 19.0 Å². The van der Waals surface area contributed by atoms with Gasteiger partial charge in [0.2, 0.25) is 0 Å². The minimum atomic E-state index is -1.52. The van der Waals surface area contributed by atoms with Crippen molar-refractivity contribution < 1.29 is 13.2 Å². The van der Waals surface area contributed by atoms with Crippen LogP contribution >= 0.6 is 0 Å². The van der Waals surface area contributed by atoms with E-state index in [1.54, 1.807) is 13.0 Å². The van der Waals surface area contributed by atoms with E-state index in [2.05, 4.69) is 20.6 Å². The molecular formula is C15H18F3N5. The van der Waals surface area contributed by atoms with Gasteiger partial charge in [-0.15, -0.1) is 0 Å². The normalized spacial score (nSPS) is 10.9. The van der Waals surface area contributed by atoms with Crippen LogP contribution in [0.2, 0.25) is 0 Å². The van der Waals surface area contributed by atoms with E-state index in [1.165, 1.54) is 0 Å². The van der Waals surface area contributed by atoms with Crippen molar-refractivity contribution >= 4 is 17.3 Å². The fourth-order valence-corrected chi connectivity index (χ4v) is 1.89. The predicted molar refractivity (Wildman–Crippen MR) is 83.4 cm³/mol. The van der Waals surface area contributed by atoms with Gasteiger partial charge in [0.05, 0.1) is 5.69 Å². The fourth-order valence-electron chi connectivity index (χ4n) is 1.89. The number of nitrogens with zero attached hydrogens (tertiary/aromatic N) is 3. The molecule has 0 atom stereocenters. The number of aryl methyl sites for hydroxylation is 1. The van der Waals surface area contributed by atoms with Crippen LogP contribution in [-0.4, -0.2) is 42.1 Å². The highest BCUT2D eigenvalue weighted by molar-refractivity contribution is 5.60. The van der Waals surface area contributed by atoms with E-state index in [0.29, 0.717) is 18.2 Å². The molecule has 1 heterocycles. The number of likely N-dealkylation sites (N-methyl/N-ethyl adjacent to an activating group) is 1. The van der Waals surface area contributed by atoms with Crippen molar-refractivity contribution in [3.8, 4) is 0 Å². The molecule has 0 saturated heterocycles. The summed E-state index contributed by atoms with van der Waals surface area (Å²) in [7, 11) is 3.90. The van der Waals surface area contributed by atoms with Crippen LogP contribution in [0.1, 0.15) is 5.82 Å². The zero-order chi connectivity index (χ0) is 17.0. The van der Waals surface area contributed by atoms with Gasteiger partial charge in [0.1, 0.15) is 17.5 Å². The van der Waals surface area contributed by atoms with Gasteiger partial charge in [0.15, 0.2) is 17.5 Å². The molecule has 0 radical (unpaired) electrons. The van der Waals surface area contributed by atoms with Crippen LogP contribution in [0.4, 0.5) is 30.5 Å². The third kappa shape index (κ3) is 4.56. The largest absolute Gasteiger partial charge is 0.369 e. The van der Waals surface area contributed by atoms with Crippen molar-refractivity contribution in [2.45, 2.75) is 6.92 Å². The highest BCUT2D eigenvalue weighted by atomic mass is 19.2. The molecule has 2 rings (SSSR count). The molecule has 0 bridgehead atoms. The lowest BCUT2D eigenvalue weighted by molar-refractivity contribution is 0.425. The quantitative estimate of drug-likeness (QED) is 0.800. The summed E-state index contributed by atoms with van der Waals surface area (Å²) in [6.07, 6.45) is 0. The van der Waals surface area contributed by atoms with Gasteiger partial charge in [-0.1, -0.05) is 0 Å². The maximum absolute atomic E-state index is 13.7. The van der Waals surface area contributed by atoms with Gasteiger partial charge in [-0.2, -0.15) is 0 Å². The van der Waals surface area contributed by atoms with E-state index < -0.39 is 17.5 Å². The first-order valence-corrected chi connectivity index (χ1v) is 7.01. The Kier molecular flexibility index (Phi) is 5.38. The molecule has 1 aromatic heterocycles. The number of anilines is 3. The van der Waals surface area contributed by atoms with Crippen molar-refractivity contribution in [1.29, 1.82) is 0 Å². The van der Waals surface area contributed by atoms with Crippen molar-refractivity contribution in [2.24, 2.45) is 0 Å². The molecule has 1 aromatic carbocycles. The summed E-state index contributed by atoms with van der Waals surface area (Å²) < 4.78 is 39.9. The van der Waals surface area contributed by atoms with Crippen molar-refractivity contribution in [2.75, 3.05) is 37.8 Å². The molecule has 23 heavy (non-hydrogen) atoms. The summed E-state index contributed by atoms with van der Waals surface area (Å²) in [5.41, 5.74) is -0.193. The van der Waals surface area contributed by atoms with Gasteiger partial charge in [0.25, 0.3) is 0 Å². The van der Waals surface area contributed by atoms with Crippen LogP contribution in [0, 0.1) is 24.4 Å². The summed E-state index contributed by atoms with van der Waals surface area (Å²) in [5, 5.41) is 5.75. The Morgan fingerprint density at radius 3 is 2.43 bits per heavy atom. The molecule has 0 aliphatic rings. The first kappa shape index (κ1) is 17.0. The number of benzene rings is 1. The Bertz CT molecular complexity index is 691. The number of halogens is 3. The summed E-state index contributed by atoms with van der Waals surface area (Å²) in [6.45, 7) is 3.16. The molecule has 0 saturated carbocycles. The minimum Gasteiger partial charge on any atom is -0.369 e. The summed E-state index contributed by atoms with van der Waals surface area (Å²) >= 11 is 0. The van der Waals surface area contributed by atoms with E-state index in [9.17, 15) is 13.2 Å². The Hall–Kier alpha value is -2.35. The molecule has 2 N–H and O–H groups in total. The Morgan fingerprint density at radius 1 is 1.04 bits per heavy atom. The molecule has 2 aromatic rings. The topological polar surface area (TPSA) is 53.1 Å². The number of hydrogen-bond acceptors (Lipinski definition) is 5. The molecule has 124 valence electrons. The SMILES string of the molecule is Cc1nc(NCCN(C)C)cc(Nc2ccc(F)c(F)c2F)n1. The monoisotopic (exact) mass is 325 g/mol. The maximum atomic E-state index is 13.7. The zero-order valence-corrected chi connectivity index (χ0v) is 13.1. The second kappa shape index (κ2) is 7.28. The van der Waals surface area contributed by atoms with Gasteiger partial charge in [-0.05, 0) is 33.2 Å². The molecule has 0 amide bonds. The number of aromatic nitrogens is 2. The summed E-state index contributed by atoms with van der Waals surface area (Å²) in [4.78, 5) is 10.3. The maximum Gasteiger partial charge on any atom is 0.196 e. The average molecular weight is 325 g/mol. The number of hydrogen-bond donors (Lipinski definition) is 2. The zero-order valence-electron chi connectivity index (χ0n) is 13.1. The lowest BCUT2D eigenvalue weighted by Gasteiger charge is -2.13. The van der Waals surface area contributed by atoms with Crippen LogP contribution in [0.15, 0.2) is 18.2 Å². The number of nitrogens with one attached hydrogen (secondary N) is 2. The van der Waals surface area contributed by atoms with Crippen LogP contribution < -0.4 is 10.6 Å². The molecule has 5 nitrogen and oxygen atoms in total. The van der Waals surface area contributed by atoms with E-state index in [-0.39, 0.29) is 11.5 Å². The molecule has 0 unspecified atom stereocenters. The first-order valence-electron chi connectivity index (χ1n) is 7.01. The highest BCUT2D eigenvalue weighted by Crippen LogP contribution is 2.23. The second-order valence-corrected chi connectivity index (χ2v) is 5.26. The molecule has 0 aliphatic heterocycles. The molecular weight excluding hydrogens is 307 g/mol. The van der Waals surface area contributed by atoms with Gasteiger partial charge < -0.3 is 15.5 Å². The first-order chi connectivity index (χ1) is 10.9. The summed E-state index contributed by atoms with van der Waals surface area (Å²) in [5.74, 6) is -2.74. The molecule has 8 heteroatoms. The molecule has 0 fully saturated rings. The smallest absolute Gasteiger partial charge is 0.196 e. The predicted octanol–water partition coefficient (Wildman–Crippen LogP) is 2.92. The van der Waals surface area contributed by atoms with E-state index in [4.69, 9.17) is 0 Å².